The summed E-state index contributed by atoms with van der Waals surface area (Å²) in [6.07, 6.45) is 1.19. The lowest BCUT2D eigenvalue weighted by Crippen LogP contribution is -2.07. The molecule has 76 valence electrons. The Morgan fingerprint density at radius 1 is 1.27 bits per heavy atom. The Morgan fingerprint density at radius 2 is 2.00 bits per heavy atom. The molecule has 0 radical (unpaired) electrons. The first kappa shape index (κ1) is 9.06. The minimum atomic E-state index is -0.716. The van der Waals surface area contributed by atoms with E-state index in [4.69, 9.17) is 0 Å². The predicted molar refractivity (Wildman–Crippen MR) is 48.8 cm³/mol. The molecule has 1 aromatic heterocycles. The minimum absolute atomic E-state index is 0.143. The Balaban J connectivity index is 2.62. The molecule has 0 N–H and O–H groups in total. The molecule has 2 rings (SSSR count). The molecule has 0 atom stereocenters. The molecule has 0 saturated carbocycles. The van der Waals surface area contributed by atoms with Crippen LogP contribution in [0.4, 0.5) is 5.69 Å². The Morgan fingerprint density at radius 3 is 2.60 bits per heavy atom. The maximum atomic E-state index is 10.4. The highest BCUT2D eigenvalue weighted by molar-refractivity contribution is 5.80. The predicted octanol–water partition coefficient (Wildman–Crippen LogP) is 0.984. The normalized spacial score (nSPS) is 10.4. The van der Waals surface area contributed by atoms with Crippen LogP contribution >= 0.6 is 0 Å². The van der Waals surface area contributed by atoms with Crippen LogP contribution in [-0.2, 0) is 0 Å². The van der Waals surface area contributed by atoms with Crippen LogP contribution in [-0.4, -0.2) is 19.8 Å². The first-order chi connectivity index (χ1) is 7.08. The summed E-state index contributed by atoms with van der Waals surface area (Å²) in [5.74, 6) is 0. The molecule has 0 bridgehead atoms. The molecule has 0 amide bonds. The van der Waals surface area contributed by atoms with Crippen LogP contribution in [0.3, 0.4) is 0 Å². The standard InChI is InChI=1S/C7H4N4O4/c12-10(13)6-2-1-5-4-9(11(14)15)8-7(5)3-6/h1-4H. The molecule has 0 fully saturated rings. The van der Waals surface area contributed by atoms with E-state index in [0.29, 0.717) is 10.2 Å². The number of nitro groups is 2. The van der Waals surface area contributed by atoms with E-state index in [-0.39, 0.29) is 11.2 Å². The number of rotatable bonds is 2. The van der Waals surface area contributed by atoms with Crippen LogP contribution in [0.5, 0.6) is 0 Å². The van der Waals surface area contributed by atoms with Crippen molar-refractivity contribution in [3.63, 3.8) is 0 Å². The number of benzene rings is 1. The molecule has 0 saturated heterocycles. The summed E-state index contributed by atoms with van der Waals surface area (Å²) < 4.78 is 0. The fraction of sp³-hybridized carbons (Fsp3) is 0. The van der Waals surface area contributed by atoms with E-state index in [1.165, 1.54) is 24.4 Å². The van der Waals surface area contributed by atoms with Gasteiger partial charge in [-0.05, 0) is 6.07 Å². The highest BCUT2D eigenvalue weighted by atomic mass is 16.7. The zero-order valence-corrected chi connectivity index (χ0v) is 7.23. The van der Waals surface area contributed by atoms with E-state index >= 15 is 0 Å². The number of fused-ring (bicyclic) bond motifs is 1. The topological polar surface area (TPSA) is 104 Å². The molecule has 15 heavy (non-hydrogen) atoms. The van der Waals surface area contributed by atoms with E-state index in [0.717, 1.165) is 0 Å². The number of hydrogen-bond donors (Lipinski definition) is 0. The molecule has 1 aromatic carbocycles. The molecule has 2 aromatic rings. The van der Waals surface area contributed by atoms with E-state index < -0.39 is 9.96 Å². The van der Waals surface area contributed by atoms with Crippen LogP contribution < -0.4 is 0 Å². The van der Waals surface area contributed by atoms with Gasteiger partial charge in [-0.2, -0.15) is 0 Å². The smallest absolute Gasteiger partial charge is 0.273 e. The van der Waals surface area contributed by atoms with Crippen LogP contribution in [0.1, 0.15) is 0 Å². The van der Waals surface area contributed by atoms with Crippen molar-refractivity contribution in [1.29, 1.82) is 0 Å². The van der Waals surface area contributed by atoms with Crippen LogP contribution in [0.25, 0.3) is 10.9 Å². The average molecular weight is 208 g/mol. The van der Waals surface area contributed by atoms with Crippen molar-refractivity contribution in [3.05, 3.63) is 44.6 Å². The first-order valence-electron chi connectivity index (χ1n) is 3.86. The van der Waals surface area contributed by atoms with Gasteiger partial charge in [0.1, 0.15) is 6.20 Å². The molecular weight excluding hydrogens is 204 g/mol. The Hall–Kier alpha value is -2.51. The van der Waals surface area contributed by atoms with Gasteiger partial charge in [0.2, 0.25) is 5.52 Å². The zero-order valence-electron chi connectivity index (χ0n) is 7.23. The molecule has 0 aliphatic rings. The van der Waals surface area contributed by atoms with Crippen molar-refractivity contribution in [2.45, 2.75) is 0 Å². The molecule has 1 heterocycles. The summed E-state index contributed by atoms with van der Waals surface area (Å²) in [4.78, 5) is 20.7. The lowest BCUT2D eigenvalue weighted by atomic mass is 10.2. The summed E-state index contributed by atoms with van der Waals surface area (Å²) in [5.41, 5.74) is 0.0806. The van der Waals surface area contributed by atoms with Crippen LogP contribution in [0, 0.1) is 20.2 Å². The second kappa shape index (κ2) is 3.01. The third-order valence-electron chi connectivity index (χ3n) is 1.86. The quantitative estimate of drug-likeness (QED) is 0.540. The summed E-state index contributed by atoms with van der Waals surface area (Å²) >= 11 is 0. The Labute approximate surface area is 82.0 Å². The van der Waals surface area contributed by atoms with Gasteiger partial charge in [-0.1, -0.05) is 0 Å². The lowest BCUT2D eigenvalue weighted by Gasteiger charge is -1.86. The third kappa shape index (κ3) is 1.47. The van der Waals surface area contributed by atoms with Gasteiger partial charge in [0.15, 0.2) is 0 Å². The van der Waals surface area contributed by atoms with Gasteiger partial charge in [-0.25, -0.2) is 0 Å². The van der Waals surface area contributed by atoms with E-state index in [1.807, 2.05) is 0 Å². The van der Waals surface area contributed by atoms with Crippen molar-refractivity contribution in [3.8, 4) is 0 Å². The monoisotopic (exact) mass is 208 g/mol. The maximum Gasteiger partial charge on any atom is 0.273 e. The average Bonchev–Trinajstić information content (AvgIpc) is 2.59. The fourth-order valence-electron chi connectivity index (χ4n) is 1.19. The van der Waals surface area contributed by atoms with Crippen molar-refractivity contribution >= 4 is 16.6 Å². The maximum absolute atomic E-state index is 10.4. The van der Waals surface area contributed by atoms with Gasteiger partial charge < -0.3 is 10.1 Å². The van der Waals surface area contributed by atoms with Gasteiger partial charge in [-0.15, -0.1) is 0 Å². The molecule has 0 aliphatic carbocycles. The summed E-state index contributed by atoms with van der Waals surface area (Å²) in [5, 5.41) is 24.1. The Bertz CT molecular complexity index is 549. The largest absolute Gasteiger partial charge is 0.339 e. The van der Waals surface area contributed by atoms with Gasteiger partial charge in [0, 0.05) is 10.9 Å². The minimum Gasteiger partial charge on any atom is -0.339 e. The highest BCUT2D eigenvalue weighted by Gasteiger charge is 2.14. The van der Waals surface area contributed by atoms with E-state index in [9.17, 15) is 20.2 Å². The number of nitrogens with zero attached hydrogens (tertiary/aromatic N) is 4. The van der Waals surface area contributed by atoms with E-state index in [1.54, 1.807) is 0 Å². The highest BCUT2D eigenvalue weighted by Crippen LogP contribution is 2.19. The van der Waals surface area contributed by atoms with Crippen LogP contribution in [0.2, 0.25) is 0 Å². The SMILES string of the molecule is O=[N+]([O-])c1ccc2cn([N+](=O)[O-])nc2c1. The van der Waals surface area contributed by atoms with Gasteiger partial charge >= 0.3 is 0 Å². The van der Waals surface area contributed by atoms with Crippen molar-refractivity contribution in [2.75, 3.05) is 0 Å². The lowest BCUT2D eigenvalue weighted by molar-refractivity contribution is -0.552. The summed E-state index contributed by atoms with van der Waals surface area (Å²) in [7, 11) is 0. The van der Waals surface area contributed by atoms with Gasteiger partial charge in [0.05, 0.1) is 26.5 Å². The number of nitro benzene ring substituents is 1. The second-order valence-electron chi connectivity index (χ2n) is 2.79. The molecule has 8 heteroatoms. The van der Waals surface area contributed by atoms with Crippen molar-refractivity contribution in [2.24, 2.45) is 0 Å². The Kier molecular flexibility index (Phi) is 1.82. The molecule has 0 spiro atoms. The molecular formula is C7H4N4O4. The van der Waals surface area contributed by atoms with E-state index in [2.05, 4.69) is 5.10 Å². The second-order valence-corrected chi connectivity index (χ2v) is 2.79. The molecule has 8 nitrogen and oxygen atoms in total. The third-order valence-corrected chi connectivity index (χ3v) is 1.86. The summed E-state index contributed by atoms with van der Waals surface area (Å²) in [6.45, 7) is 0. The van der Waals surface area contributed by atoms with Crippen LogP contribution in [0.15, 0.2) is 24.4 Å². The number of hydrogen-bond acceptors (Lipinski definition) is 5. The number of non-ortho nitro benzene ring substituents is 1. The fourth-order valence-corrected chi connectivity index (χ4v) is 1.19. The van der Waals surface area contributed by atoms with Crippen molar-refractivity contribution < 1.29 is 9.96 Å². The van der Waals surface area contributed by atoms with Crippen molar-refractivity contribution in [1.82, 2.24) is 9.89 Å². The van der Waals surface area contributed by atoms with Gasteiger partial charge in [0.25, 0.3) is 5.69 Å². The zero-order chi connectivity index (χ0) is 11.0. The first-order valence-corrected chi connectivity index (χ1v) is 3.86. The number of aromatic nitrogens is 2. The summed E-state index contributed by atoms with van der Waals surface area (Å²) in [6, 6.07) is 3.88. The molecule has 0 aliphatic heterocycles. The molecule has 0 unspecified atom stereocenters. The van der Waals surface area contributed by atoms with Gasteiger partial charge in [-0.3, -0.25) is 10.1 Å².